The maximum atomic E-state index is 13.7. The molecule has 1 saturated heterocycles. The highest BCUT2D eigenvalue weighted by molar-refractivity contribution is 7.89. The topological polar surface area (TPSA) is 105 Å². The lowest BCUT2D eigenvalue weighted by molar-refractivity contribution is 0.371. The van der Waals surface area contributed by atoms with Crippen molar-refractivity contribution in [2.24, 2.45) is 0 Å². The van der Waals surface area contributed by atoms with Gasteiger partial charge in [-0.1, -0.05) is 11.3 Å². The highest BCUT2D eigenvalue weighted by atomic mass is 32.2. The number of sulfonamides is 1. The Morgan fingerprint density at radius 2 is 1.94 bits per heavy atom. The molecule has 0 radical (unpaired) electrons. The number of piperazine rings is 1. The van der Waals surface area contributed by atoms with Crippen LogP contribution in [0.2, 0.25) is 0 Å². The molecule has 3 heterocycles. The number of rotatable bonds is 6. The Balaban J connectivity index is 1.67. The van der Waals surface area contributed by atoms with Crippen molar-refractivity contribution in [2.75, 3.05) is 18.0 Å². The van der Waals surface area contributed by atoms with Crippen molar-refractivity contribution in [3.63, 3.8) is 0 Å². The molecular formula is C21H28FN7O2S2. The number of hydrogen-bond acceptors (Lipinski definition) is 8. The lowest BCUT2D eigenvalue weighted by Gasteiger charge is -2.38. The summed E-state index contributed by atoms with van der Waals surface area (Å²) in [6.07, 6.45) is 2.12. The maximum Gasteiger partial charge on any atom is 0.241 e. The van der Waals surface area contributed by atoms with Crippen LogP contribution in [0.4, 0.5) is 10.1 Å². The first-order valence-corrected chi connectivity index (χ1v) is 13.4. The van der Waals surface area contributed by atoms with E-state index in [9.17, 15) is 12.8 Å². The van der Waals surface area contributed by atoms with Gasteiger partial charge in [-0.25, -0.2) is 22.2 Å². The second-order valence-electron chi connectivity index (χ2n) is 9.51. The summed E-state index contributed by atoms with van der Waals surface area (Å²) in [4.78, 5) is 2.38. The van der Waals surface area contributed by atoms with Gasteiger partial charge in [0.15, 0.2) is 11.2 Å². The monoisotopic (exact) mass is 493 g/mol. The number of nitrogens with one attached hydrogen (secondary N) is 2. The second kappa shape index (κ2) is 7.97. The Kier molecular flexibility index (Phi) is 5.46. The standard InChI is InChI=1S/C21H28FN7O2S2/c1-12-10-28(11-13(2)24-12)17-7-15(33(30,31)27-21(4)5-6-21)8-18-16(17)9-23-29(18)20-26-25-19(32-20)14(3)22/h7-9,12-14,24,27H,5-6,10-11H2,1-4H3/t12-,13-,14?/m0/s1. The first kappa shape index (κ1) is 22.6. The lowest BCUT2D eigenvalue weighted by atomic mass is 10.1. The van der Waals surface area contributed by atoms with Crippen LogP contribution in [0.25, 0.3) is 16.0 Å². The number of hydrogen-bond donors (Lipinski definition) is 2. The van der Waals surface area contributed by atoms with Crippen LogP contribution in [0, 0.1) is 0 Å². The fourth-order valence-electron chi connectivity index (χ4n) is 4.32. The van der Waals surface area contributed by atoms with E-state index in [1.165, 1.54) is 6.92 Å². The molecule has 0 amide bonds. The minimum atomic E-state index is -3.75. The summed E-state index contributed by atoms with van der Waals surface area (Å²) in [6.45, 7) is 9.02. The molecule has 2 fully saturated rings. The zero-order valence-electron chi connectivity index (χ0n) is 19.0. The van der Waals surface area contributed by atoms with Crippen LogP contribution in [0.5, 0.6) is 0 Å². The first-order valence-electron chi connectivity index (χ1n) is 11.1. The van der Waals surface area contributed by atoms with Crippen molar-refractivity contribution in [1.29, 1.82) is 0 Å². The Hall–Kier alpha value is -2.15. The third-order valence-electron chi connectivity index (χ3n) is 6.18. The number of alkyl halides is 1. The predicted molar refractivity (Wildman–Crippen MR) is 126 cm³/mol. The molecule has 33 heavy (non-hydrogen) atoms. The summed E-state index contributed by atoms with van der Waals surface area (Å²) in [6, 6.07) is 3.86. The van der Waals surface area contributed by atoms with Gasteiger partial charge in [0, 0.05) is 41.8 Å². The Morgan fingerprint density at radius 1 is 1.24 bits per heavy atom. The highest BCUT2D eigenvalue weighted by Gasteiger charge is 2.41. The third kappa shape index (κ3) is 4.36. The van der Waals surface area contributed by atoms with Gasteiger partial charge < -0.3 is 10.2 Å². The van der Waals surface area contributed by atoms with Crippen molar-refractivity contribution in [3.8, 4) is 5.13 Å². The number of fused-ring (bicyclic) bond motifs is 1. The third-order valence-corrected chi connectivity index (χ3v) is 8.85. The van der Waals surface area contributed by atoms with Gasteiger partial charge in [-0.15, -0.1) is 10.2 Å². The van der Waals surface area contributed by atoms with E-state index in [1.807, 2.05) is 6.92 Å². The Labute approximate surface area is 196 Å². The van der Waals surface area contributed by atoms with Crippen molar-refractivity contribution >= 4 is 38.0 Å². The van der Waals surface area contributed by atoms with E-state index in [-0.39, 0.29) is 22.0 Å². The van der Waals surface area contributed by atoms with Gasteiger partial charge in [-0.05, 0) is 52.7 Å². The normalized spacial score (nSPS) is 23.7. The largest absolute Gasteiger partial charge is 0.368 e. The highest BCUT2D eigenvalue weighted by Crippen LogP contribution is 2.38. The van der Waals surface area contributed by atoms with Crippen LogP contribution in [-0.2, 0) is 10.0 Å². The molecule has 1 aliphatic carbocycles. The fraction of sp³-hybridized carbons (Fsp3) is 0.571. The average Bonchev–Trinajstić information content (AvgIpc) is 3.14. The molecule has 2 aliphatic rings. The van der Waals surface area contributed by atoms with Crippen LogP contribution in [0.3, 0.4) is 0 Å². The van der Waals surface area contributed by atoms with Gasteiger partial charge in [-0.3, -0.25) is 0 Å². The molecule has 2 N–H and O–H groups in total. The fourth-order valence-corrected chi connectivity index (χ4v) is 6.57. The van der Waals surface area contributed by atoms with E-state index in [1.54, 1.807) is 23.0 Å². The maximum absolute atomic E-state index is 13.7. The molecule has 3 atom stereocenters. The van der Waals surface area contributed by atoms with Crippen LogP contribution in [0.1, 0.15) is 51.7 Å². The van der Waals surface area contributed by atoms with E-state index in [0.29, 0.717) is 10.6 Å². The smallest absolute Gasteiger partial charge is 0.241 e. The number of aromatic nitrogens is 4. The summed E-state index contributed by atoms with van der Waals surface area (Å²) in [5, 5.41) is 17.5. The second-order valence-corrected chi connectivity index (χ2v) is 12.2. The molecule has 12 heteroatoms. The minimum Gasteiger partial charge on any atom is -0.368 e. The van der Waals surface area contributed by atoms with E-state index in [0.717, 1.165) is 48.3 Å². The van der Waals surface area contributed by atoms with Gasteiger partial charge in [0.1, 0.15) is 0 Å². The quantitative estimate of drug-likeness (QED) is 0.544. The molecule has 178 valence electrons. The Bertz CT molecular complexity index is 1290. The molecule has 1 aliphatic heterocycles. The lowest BCUT2D eigenvalue weighted by Crippen LogP contribution is -2.54. The van der Waals surface area contributed by atoms with Gasteiger partial charge in [0.05, 0.1) is 16.6 Å². The number of benzene rings is 1. The van der Waals surface area contributed by atoms with Crippen molar-refractivity contribution < 1.29 is 12.8 Å². The molecule has 3 aromatic rings. The van der Waals surface area contributed by atoms with Gasteiger partial charge in [-0.2, -0.15) is 5.10 Å². The summed E-state index contributed by atoms with van der Waals surface area (Å²) < 4.78 is 44.8. The van der Waals surface area contributed by atoms with Crippen molar-refractivity contribution in [1.82, 2.24) is 30.0 Å². The van der Waals surface area contributed by atoms with E-state index >= 15 is 0 Å². The number of halogens is 1. The van der Waals surface area contributed by atoms with Gasteiger partial charge in [0.2, 0.25) is 15.2 Å². The summed E-state index contributed by atoms with van der Waals surface area (Å²) in [7, 11) is -3.75. The molecule has 1 unspecified atom stereocenters. The van der Waals surface area contributed by atoms with Gasteiger partial charge in [0.25, 0.3) is 0 Å². The summed E-state index contributed by atoms with van der Waals surface area (Å²) >= 11 is 1.10. The molecule has 1 aromatic carbocycles. The molecular weight excluding hydrogens is 465 g/mol. The molecule has 5 rings (SSSR count). The molecule has 9 nitrogen and oxygen atoms in total. The zero-order valence-corrected chi connectivity index (χ0v) is 20.7. The zero-order chi connectivity index (χ0) is 23.5. The van der Waals surface area contributed by atoms with Crippen molar-refractivity contribution in [3.05, 3.63) is 23.3 Å². The SMILES string of the molecule is CC(F)c1nnc(-n2ncc3c(N4C[C@H](C)N[C@@H](C)C4)cc(S(=O)(=O)NC4(C)CC4)cc32)s1. The van der Waals surface area contributed by atoms with E-state index in [2.05, 4.69) is 44.1 Å². The van der Waals surface area contributed by atoms with Crippen LogP contribution < -0.4 is 14.9 Å². The molecule has 1 saturated carbocycles. The van der Waals surface area contributed by atoms with Crippen molar-refractivity contribution in [2.45, 2.75) is 69.2 Å². The van der Waals surface area contributed by atoms with E-state index in [4.69, 9.17) is 0 Å². The molecule has 0 spiro atoms. The first-order chi connectivity index (χ1) is 15.5. The number of anilines is 1. The van der Waals surface area contributed by atoms with Gasteiger partial charge >= 0.3 is 0 Å². The predicted octanol–water partition coefficient (Wildman–Crippen LogP) is 2.92. The van der Waals surface area contributed by atoms with Crippen LogP contribution in [0.15, 0.2) is 23.2 Å². The average molecular weight is 494 g/mol. The molecule has 2 aromatic heterocycles. The van der Waals surface area contributed by atoms with E-state index < -0.39 is 21.7 Å². The minimum absolute atomic E-state index is 0.183. The molecule has 0 bridgehead atoms. The number of nitrogens with zero attached hydrogens (tertiary/aromatic N) is 5. The summed E-state index contributed by atoms with van der Waals surface area (Å²) in [5.74, 6) is 0. The van der Waals surface area contributed by atoms with Crippen LogP contribution in [-0.4, -0.2) is 59.1 Å². The summed E-state index contributed by atoms with van der Waals surface area (Å²) in [5.41, 5.74) is 1.02. The van der Waals surface area contributed by atoms with Crippen LogP contribution >= 0.6 is 11.3 Å². The Morgan fingerprint density at radius 3 is 2.55 bits per heavy atom.